The monoisotopic (exact) mass is 394 g/mol. The lowest BCUT2D eigenvalue weighted by atomic mass is 10.2. The van der Waals surface area contributed by atoms with Crippen LogP contribution in [0.3, 0.4) is 0 Å². The summed E-state index contributed by atoms with van der Waals surface area (Å²) in [6.07, 6.45) is 1.32. The van der Waals surface area contributed by atoms with E-state index < -0.39 is 10.0 Å². The summed E-state index contributed by atoms with van der Waals surface area (Å²) in [5.41, 5.74) is 0.658. The van der Waals surface area contributed by atoms with Crippen LogP contribution in [0.25, 0.3) is 0 Å². The first-order valence-corrected chi connectivity index (χ1v) is 8.62. The van der Waals surface area contributed by atoms with Crippen LogP contribution >= 0.6 is 39.1 Å². The number of nitrogens with zero attached hydrogens (tertiary/aromatic N) is 1. The normalized spacial score (nSPS) is 11.3. The number of nitrogens with one attached hydrogen (secondary N) is 1. The predicted octanol–water partition coefficient (Wildman–Crippen LogP) is 4.09. The van der Waals surface area contributed by atoms with Crippen molar-refractivity contribution in [3.8, 4) is 0 Å². The molecule has 1 aromatic carbocycles. The topological polar surface area (TPSA) is 59.1 Å². The maximum atomic E-state index is 12.0. The number of aromatic nitrogens is 1. The van der Waals surface area contributed by atoms with Gasteiger partial charge in [0.25, 0.3) is 0 Å². The number of halogens is 3. The van der Waals surface area contributed by atoms with E-state index in [4.69, 9.17) is 23.2 Å². The van der Waals surface area contributed by atoms with Crippen molar-refractivity contribution in [3.05, 3.63) is 56.6 Å². The standard InChI is InChI=1S/C12H9BrCl2N2O2S/c13-9-3-1-8(2-4-9)7-20(18,19)17-12-11(15)5-10(14)6-16-12/h1-6H,7H2,(H,16,17). The van der Waals surface area contributed by atoms with Crippen LogP contribution in [0.2, 0.25) is 10.0 Å². The molecule has 0 saturated heterocycles. The van der Waals surface area contributed by atoms with Gasteiger partial charge in [-0.3, -0.25) is 4.72 Å². The van der Waals surface area contributed by atoms with Crippen molar-refractivity contribution in [2.45, 2.75) is 5.75 Å². The molecule has 1 N–H and O–H groups in total. The lowest BCUT2D eigenvalue weighted by molar-refractivity contribution is 0.600. The zero-order valence-corrected chi connectivity index (χ0v) is 13.9. The fourth-order valence-corrected chi connectivity index (χ4v) is 3.38. The van der Waals surface area contributed by atoms with Gasteiger partial charge in [-0.25, -0.2) is 13.4 Å². The summed E-state index contributed by atoms with van der Waals surface area (Å²) in [6.45, 7) is 0. The van der Waals surface area contributed by atoms with Gasteiger partial charge in [0.15, 0.2) is 5.82 Å². The molecule has 0 radical (unpaired) electrons. The summed E-state index contributed by atoms with van der Waals surface area (Å²) >= 11 is 14.9. The minimum Gasteiger partial charge on any atom is -0.266 e. The van der Waals surface area contributed by atoms with Gasteiger partial charge >= 0.3 is 0 Å². The van der Waals surface area contributed by atoms with Crippen LogP contribution in [-0.2, 0) is 15.8 Å². The van der Waals surface area contributed by atoms with Gasteiger partial charge in [0.05, 0.1) is 15.8 Å². The van der Waals surface area contributed by atoms with Crippen molar-refractivity contribution in [1.82, 2.24) is 4.98 Å². The lowest BCUT2D eigenvalue weighted by Gasteiger charge is -2.09. The average Bonchev–Trinajstić information content (AvgIpc) is 2.35. The third-order valence-corrected chi connectivity index (χ3v) is 4.57. The summed E-state index contributed by atoms with van der Waals surface area (Å²) in [5.74, 6) is -0.103. The number of sulfonamides is 1. The maximum Gasteiger partial charge on any atom is 0.238 e. The smallest absolute Gasteiger partial charge is 0.238 e. The first-order valence-electron chi connectivity index (χ1n) is 5.42. The van der Waals surface area contributed by atoms with Gasteiger partial charge < -0.3 is 0 Å². The fourth-order valence-electron chi connectivity index (χ4n) is 1.47. The van der Waals surface area contributed by atoms with E-state index in [-0.39, 0.29) is 16.6 Å². The molecule has 4 nitrogen and oxygen atoms in total. The molecular formula is C12H9BrCl2N2O2S. The first-order chi connectivity index (χ1) is 9.35. The largest absolute Gasteiger partial charge is 0.266 e. The molecule has 106 valence electrons. The van der Waals surface area contributed by atoms with E-state index in [1.165, 1.54) is 12.3 Å². The Morgan fingerprint density at radius 1 is 1.20 bits per heavy atom. The average molecular weight is 396 g/mol. The third kappa shape index (κ3) is 4.34. The van der Waals surface area contributed by atoms with Gasteiger partial charge in [0.2, 0.25) is 10.0 Å². The Bertz CT molecular complexity index is 721. The fraction of sp³-hybridized carbons (Fsp3) is 0.0833. The van der Waals surface area contributed by atoms with Gasteiger partial charge in [-0.1, -0.05) is 51.3 Å². The van der Waals surface area contributed by atoms with Crippen molar-refractivity contribution in [3.63, 3.8) is 0 Å². The number of benzene rings is 1. The second-order valence-electron chi connectivity index (χ2n) is 3.97. The number of pyridine rings is 1. The molecule has 0 saturated carbocycles. The molecule has 0 bridgehead atoms. The van der Waals surface area contributed by atoms with E-state index in [1.54, 1.807) is 24.3 Å². The number of hydrogen-bond acceptors (Lipinski definition) is 3. The minimum atomic E-state index is -3.59. The molecule has 2 rings (SSSR count). The van der Waals surface area contributed by atoms with Crippen LogP contribution in [0.4, 0.5) is 5.82 Å². The van der Waals surface area contributed by atoms with Gasteiger partial charge in [-0.05, 0) is 23.8 Å². The Kier molecular flexibility index (Phi) is 4.90. The minimum absolute atomic E-state index is 0.0631. The van der Waals surface area contributed by atoms with Crippen molar-refractivity contribution >= 4 is 55.0 Å². The first kappa shape index (κ1) is 15.6. The Hall–Kier alpha value is -0.820. The van der Waals surface area contributed by atoms with Crippen LogP contribution in [0.15, 0.2) is 41.0 Å². The van der Waals surface area contributed by atoms with Gasteiger partial charge in [0.1, 0.15) is 0 Å². The number of rotatable bonds is 4. The molecule has 0 unspecified atom stereocenters. The van der Waals surface area contributed by atoms with Crippen molar-refractivity contribution in [1.29, 1.82) is 0 Å². The van der Waals surface area contributed by atoms with Gasteiger partial charge in [0, 0.05) is 10.7 Å². The molecule has 0 amide bonds. The van der Waals surface area contributed by atoms with E-state index in [1.807, 2.05) is 0 Å². The summed E-state index contributed by atoms with van der Waals surface area (Å²) in [6, 6.07) is 8.42. The van der Waals surface area contributed by atoms with E-state index in [0.717, 1.165) is 4.47 Å². The van der Waals surface area contributed by atoms with Crippen molar-refractivity contribution in [2.75, 3.05) is 4.72 Å². The highest BCUT2D eigenvalue weighted by Gasteiger charge is 2.14. The second kappa shape index (κ2) is 6.30. The summed E-state index contributed by atoms with van der Waals surface area (Å²) in [4.78, 5) is 3.86. The third-order valence-electron chi connectivity index (χ3n) is 2.33. The zero-order valence-electron chi connectivity index (χ0n) is 9.98. The van der Waals surface area contributed by atoms with Crippen molar-refractivity contribution < 1.29 is 8.42 Å². The molecule has 1 aromatic heterocycles. The highest BCUT2D eigenvalue weighted by Crippen LogP contribution is 2.24. The Morgan fingerprint density at radius 2 is 1.85 bits per heavy atom. The molecule has 0 aliphatic heterocycles. The molecular weight excluding hydrogens is 387 g/mol. The summed E-state index contributed by atoms with van der Waals surface area (Å²) in [5, 5.41) is 0.489. The summed E-state index contributed by atoms with van der Waals surface area (Å²) < 4.78 is 27.3. The maximum absolute atomic E-state index is 12.0. The molecule has 0 aliphatic carbocycles. The van der Waals surface area contributed by atoms with Crippen LogP contribution in [0, 0.1) is 0 Å². The zero-order chi connectivity index (χ0) is 14.8. The summed E-state index contributed by atoms with van der Waals surface area (Å²) in [7, 11) is -3.59. The Balaban J connectivity index is 2.17. The molecule has 0 aliphatic rings. The Morgan fingerprint density at radius 3 is 2.45 bits per heavy atom. The molecule has 0 fully saturated rings. The molecule has 0 atom stereocenters. The molecule has 2 aromatic rings. The van der Waals surface area contributed by atoms with Crippen LogP contribution < -0.4 is 4.72 Å². The van der Waals surface area contributed by atoms with E-state index in [9.17, 15) is 8.42 Å². The quantitative estimate of drug-likeness (QED) is 0.847. The predicted molar refractivity (Wildman–Crippen MR) is 84.6 cm³/mol. The second-order valence-corrected chi connectivity index (χ2v) is 7.45. The molecule has 0 spiro atoms. The van der Waals surface area contributed by atoms with Crippen LogP contribution in [0.5, 0.6) is 0 Å². The lowest BCUT2D eigenvalue weighted by Crippen LogP contribution is -2.16. The van der Waals surface area contributed by atoms with E-state index in [0.29, 0.717) is 10.6 Å². The molecule has 8 heteroatoms. The van der Waals surface area contributed by atoms with Crippen LogP contribution in [-0.4, -0.2) is 13.4 Å². The van der Waals surface area contributed by atoms with Crippen molar-refractivity contribution in [2.24, 2.45) is 0 Å². The Labute approximate surface area is 135 Å². The van der Waals surface area contributed by atoms with Gasteiger partial charge in [-0.2, -0.15) is 0 Å². The highest BCUT2D eigenvalue weighted by molar-refractivity contribution is 9.10. The molecule has 20 heavy (non-hydrogen) atoms. The van der Waals surface area contributed by atoms with E-state index >= 15 is 0 Å². The molecule has 1 heterocycles. The van der Waals surface area contributed by atoms with E-state index in [2.05, 4.69) is 25.6 Å². The number of hydrogen-bond donors (Lipinski definition) is 1. The van der Waals surface area contributed by atoms with Gasteiger partial charge in [-0.15, -0.1) is 0 Å². The van der Waals surface area contributed by atoms with Crippen LogP contribution in [0.1, 0.15) is 5.56 Å². The SMILES string of the molecule is O=S(=O)(Cc1ccc(Br)cc1)Nc1ncc(Cl)cc1Cl. The number of anilines is 1. The highest BCUT2D eigenvalue weighted by atomic mass is 79.9.